The van der Waals surface area contributed by atoms with Crippen LogP contribution in [0.25, 0.3) is 29.2 Å². The highest BCUT2D eigenvalue weighted by atomic mass is 16.6. The minimum atomic E-state index is -1.02. The van der Waals surface area contributed by atoms with Gasteiger partial charge in [0.15, 0.2) is 17.2 Å². The first kappa shape index (κ1) is 49.9. The van der Waals surface area contributed by atoms with Crippen molar-refractivity contribution in [3.8, 4) is 23.2 Å². The maximum Gasteiger partial charge on any atom is 0.308 e. The molecule has 342 valence electrons. The molecule has 6 bridgehead atoms. The number of esters is 1. The van der Waals surface area contributed by atoms with Crippen LogP contribution in [0, 0.1) is 29.6 Å². The van der Waals surface area contributed by atoms with Gasteiger partial charge in [-0.05, 0) is 62.0 Å². The molecule has 0 spiro atoms. The fourth-order valence-electron chi connectivity index (χ4n) is 7.79. The van der Waals surface area contributed by atoms with Gasteiger partial charge in [-0.15, -0.1) is 0 Å². The number of carbonyl (C=O) groups excluding carboxylic acids is 3. The van der Waals surface area contributed by atoms with Gasteiger partial charge in [0.05, 0.1) is 30.8 Å². The quantitative estimate of drug-likeness (QED) is 0.0919. The number of hydrogen-bond acceptors (Lipinski definition) is 15. The lowest BCUT2D eigenvalue weighted by atomic mass is 9.86. The smallest absolute Gasteiger partial charge is 0.308 e. The molecule has 1 amide bonds. The van der Waals surface area contributed by atoms with E-state index in [1.807, 2.05) is 52.8 Å². The number of Topliss-reactive ketones (excluding diaryl/α,β-unsaturated/α-hetero) is 1. The second kappa shape index (κ2) is 24.2. The number of oxazole rings is 3. The summed E-state index contributed by atoms with van der Waals surface area (Å²) in [4.78, 5) is 52.7. The fourth-order valence-corrected chi connectivity index (χ4v) is 7.79. The van der Waals surface area contributed by atoms with Crippen LogP contribution < -0.4 is 0 Å². The average molecular weight is 867 g/mol. The number of cyclic esters (lactones) is 1. The Bertz CT molecular complexity index is 1950. The van der Waals surface area contributed by atoms with Crippen molar-refractivity contribution in [2.45, 2.75) is 123 Å². The van der Waals surface area contributed by atoms with E-state index in [1.165, 1.54) is 30.8 Å². The highest BCUT2D eigenvalue weighted by Gasteiger charge is 2.34. The Morgan fingerprint density at radius 3 is 2.35 bits per heavy atom. The number of aliphatic hydroxyl groups excluding tert-OH is 2. The van der Waals surface area contributed by atoms with E-state index >= 15 is 0 Å². The van der Waals surface area contributed by atoms with E-state index in [1.54, 1.807) is 40.5 Å². The number of nitrogens with zero attached hydrogens (tertiary/aromatic N) is 4. The van der Waals surface area contributed by atoms with Crippen LogP contribution in [0.4, 0.5) is 0 Å². The SMILES string of the molecule is COC1c2coc(n2)-c2coc(n2)-c2coc(n2)/C=C/C[C@H](OC)[C@@H](C)[C@H](C[C@H](OC)[C@@H](C)CCC(=O)/C(C)=C/[C@H](C)/C=C/N(C)C=O)OC(=O)C[C@@H](O)C[C@H](C)C[C@H](O)[C@@H]1C. The first-order valence-corrected chi connectivity index (χ1v) is 21.3. The van der Waals surface area contributed by atoms with E-state index in [0.29, 0.717) is 67.1 Å². The van der Waals surface area contributed by atoms with Crippen LogP contribution in [-0.4, -0.2) is 107 Å². The molecule has 62 heavy (non-hydrogen) atoms. The molecule has 0 saturated carbocycles. The number of ketones is 1. The maximum absolute atomic E-state index is 13.6. The molecule has 0 saturated heterocycles. The minimum absolute atomic E-state index is 0.0116. The van der Waals surface area contributed by atoms with Crippen LogP contribution in [0.3, 0.4) is 0 Å². The molecule has 1 unspecified atom stereocenters. The van der Waals surface area contributed by atoms with Gasteiger partial charge in [-0.25, -0.2) is 15.0 Å². The Balaban J connectivity index is 1.55. The van der Waals surface area contributed by atoms with Gasteiger partial charge in [0, 0.05) is 59.3 Å². The Morgan fingerprint density at radius 2 is 1.66 bits per heavy atom. The number of allylic oxidation sites excluding steroid dienone is 3. The van der Waals surface area contributed by atoms with Crippen molar-refractivity contribution in [1.29, 1.82) is 0 Å². The summed E-state index contributed by atoms with van der Waals surface area (Å²) in [5, 5.41) is 22.4. The fraction of sp³-hybridized carbons (Fsp3) is 0.609. The second-order valence-electron chi connectivity index (χ2n) is 16.8. The Kier molecular flexibility index (Phi) is 19.5. The zero-order chi connectivity index (χ0) is 45.5. The zero-order valence-electron chi connectivity index (χ0n) is 37.8. The van der Waals surface area contributed by atoms with Gasteiger partial charge >= 0.3 is 5.97 Å². The van der Waals surface area contributed by atoms with Crippen LogP contribution in [0.15, 0.2) is 62.0 Å². The first-order valence-electron chi connectivity index (χ1n) is 21.3. The molecule has 4 heterocycles. The summed E-state index contributed by atoms with van der Waals surface area (Å²) in [5.74, 6) is -0.899. The molecule has 2 N–H and O–H groups in total. The van der Waals surface area contributed by atoms with E-state index in [0.717, 1.165) is 0 Å². The number of methoxy groups -OCH3 is 3. The van der Waals surface area contributed by atoms with Gasteiger partial charge in [-0.3, -0.25) is 14.4 Å². The Hall–Kier alpha value is -4.74. The monoisotopic (exact) mass is 866 g/mol. The molecule has 1 aliphatic rings. The van der Waals surface area contributed by atoms with Gasteiger partial charge in [0.1, 0.15) is 36.7 Å². The molecule has 3 aromatic heterocycles. The Morgan fingerprint density at radius 1 is 0.968 bits per heavy atom. The summed E-state index contributed by atoms with van der Waals surface area (Å²) in [6.07, 6.45) is 11.9. The topological polar surface area (TPSA) is 210 Å². The lowest BCUT2D eigenvalue weighted by molar-refractivity contribution is -0.160. The molecule has 4 rings (SSSR count). The summed E-state index contributed by atoms with van der Waals surface area (Å²) < 4.78 is 41.0. The highest BCUT2D eigenvalue weighted by Crippen LogP contribution is 2.34. The largest absolute Gasteiger partial charge is 0.462 e. The third kappa shape index (κ3) is 14.4. The van der Waals surface area contributed by atoms with Crippen molar-refractivity contribution in [2.24, 2.45) is 29.6 Å². The van der Waals surface area contributed by atoms with E-state index < -0.39 is 42.4 Å². The lowest BCUT2D eigenvalue weighted by Gasteiger charge is -2.33. The van der Waals surface area contributed by atoms with E-state index in [2.05, 4.69) is 15.0 Å². The minimum Gasteiger partial charge on any atom is -0.462 e. The number of rotatable bonds is 14. The number of carbonyl (C=O) groups is 3. The predicted octanol–water partition coefficient (Wildman–Crippen LogP) is 7.39. The molecule has 3 aromatic rings. The number of fused-ring (bicyclic) bond motifs is 8. The van der Waals surface area contributed by atoms with Crippen LogP contribution in [-0.2, 0) is 33.3 Å². The number of aromatic nitrogens is 3. The standard InChI is InChI=1S/C46H66N4O12/c1-27(16-17-50(7)26-51)18-30(4)37(53)15-14-29(3)40(57-9)22-41-32(6)39(56-8)12-11-13-42-47-35(24-59-42)45-49-36(25-61-45)46-48-34(23-60-46)44(58-10)31(5)38(54)20-28(2)19-33(52)21-43(55)62-41/h11,13,16-18,23-29,31-33,38-41,44,52,54H,12,14-15,19-22H2,1-10H3/b13-11+,17-16+,30-18+/t27-,28+,29+,31+,32-,33+,38+,39+,40+,41+,44?/m1/s1. The van der Waals surface area contributed by atoms with Gasteiger partial charge in [-0.1, -0.05) is 52.8 Å². The van der Waals surface area contributed by atoms with Crippen LogP contribution in [0.1, 0.15) is 104 Å². The highest BCUT2D eigenvalue weighted by molar-refractivity contribution is 5.94. The predicted molar refractivity (Wildman–Crippen MR) is 230 cm³/mol. The van der Waals surface area contributed by atoms with Crippen molar-refractivity contribution in [3.05, 3.63) is 60.4 Å². The zero-order valence-corrected chi connectivity index (χ0v) is 37.8. The van der Waals surface area contributed by atoms with Gasteiger partial charge < -0.3 is 47.3 Å². The van der Waals surface area contributed by atoms with E-state index in [-0.39, 0.29) is 60.2 Å². The average Bonchev–Trinajstić information content (AvgIpc) is 4.03. The first-order chi connectivity index (χ1) is 29.6. The molecule has 16 nitrogen and oxygen atoms in total. The Labute approximate surface area is 364 Å². The third-order valence-corrected chi connectivity index (χ3v) is 11.7. The maximum atomic E-state index is 13.6. The van der Waals surface area contributed by atoms with Gasteiger partial charge in [-0.2, -0.15) is 0 Å². The van der Waals surface area contributed by atoms with Crippen LogP contribution in [0.5, 0.6) is 0 Å². The van der Waals surface area contributed by atoms with E-state index in [9.17, 15) is 24.6 Å². The summed E-state index contributed by atoms with van der Waals surface area (Å²) in [7, 11) is 6.37. The third-order valence-electron chi connectivity index (χ3n) is 11.7. The molecular formula is C46H66N4O12. The molecule has 11 atom stereocenters. The summed E-state index contributed by atoms with van der Waals surface area (Å²) >= 11 is 0. The molecule has 0 aromatic carbocycles. The molecule has 0 radical (unpaired) electrons. The molecule has 1 aliphatic heterocycles. The normalized spacial score (nSPS) is 26.8. The molecule has 0 fully saturated rings. The van der Waals surface area contributed by atoms with E-state index in [4.69, 9.17) is 32.2 Å². The van der Waals surface area contributed by atoms with Crippen molar-refractivity contribution in [2.75, 3.05) is 28.4 Å². The number of ether oxygens (including phenoxy) is 4. The van der Waals surface area contributed by atoms with Crippen molar-refractivity contribution in [1.82, 2.24) is 19.9 Å². The van der Waals surface area contributed by atoms with Crippen molar-refractivity contribution < 1.29 is 56.8 Å². The molecule has 0 aliphatic carbocycles. The summed E-state index contributed by atoms with van der Waals surface area (Å²) in [6.45, 7) is 11.4. The van der Waals surface area contributed by atoms with Crippen LogP contribution >= 0.6 is 0 Å². The number of hydrogen-bond donors (Lipinski definition) is 2. The van der Waals surface area contributed by atoms with Crippen LogP contribution in [0.2, 0.25) is 0 Å². The second-order valence-corrected chi connectivity index (χ2v) is 16.8. The number of amides is 1. The molecule has 16 heteroatoms. The van der Waals surface area contributed by atoms with Crippen molar-refractivity contribution >= 4 is 24.2 Å². The summed E-state index contributed by atoms with van der Waals surface area (Å²) in [5.41, 5.74) is 1.80. The number of aliphatic hydroxyl groups is 2. The lowest BCUT2D eigenvalue weighted by Crippen LogP contribution is -2.39. The summed E-state index contributed by atoms with van der Waals surface area (Å²) in [6, 6.07) is 0. The van der Waals surface area contributed by atoms with Gasteiger partial charge in [0.2, 0.25) is 24.1 Å². The van der Waals surface area contributed by atoms with Crippen molar-refractivity contribution in [3.63, 3.8) is 0 Å². The van der Waals surface area contributed by atoms with Gasteiger partial charge in [0.25, 0.3) is 0 Å². The molecular weight excluding hydrogens is 801 g/mol.